The van der Waals surface area contributed by atoms with Crippen molar-refractivity contribution in [1.29, 1.82) is 0 Å². The summed E-state index contributed by atoms with van der Waals surface area (Å²) in [7, 11) is 1.70. The van der Waals surface area contributed by atoms with Gasteiger partial charge < -0.3 is 9.47 Å². The molecule has 0 N–H and O–H groups in total. The number of benzene rings is 4. The fourth-order valence-electron chi connectivity index (χ4n) is 3.82. The lowest BCUT2D eigenvalue weighted by Crippen LogP contribution is -2.09. The fraction of sp³-hybridized carbons (Fsp3) is 0.172. The molecule has 0 spiro atoms. The minimum absolute atomic E-state index is 0.0171. The van der Waals surface area contributed by atoms with Crippen molar-refractivity contribution in [3.05, 3.63) is 130 Å². The van der Waals surface area contributed by atoms with Crippen LogP contribution in [0.2, 0.25) is 0 Å². The molecule has 0 heterocycles. The van der Waals surface area contributed by atoms with Crippen LogP contribution in [0.5, 0.6) is 11.5 Å². The molecule has 0 bridgehead atoms. The first-order valence-electron chi connectivity index (χ1n) is 10.5. The van der Waals surface area contributed by atoms with Crippen LogP contribution in [0.4, 0.5) is 0 Å². The number of hydrogen-bond acceptors (Lipinski definition) is 2. The van der Waals surface area contributed by atoms with Crippen molar-refractivity contribution in [3.63, 3.8) is 0 Å². The summed E-state index contributed by atoms with van der Waals surface area (Å²) in [5.74, 6) is 1.54. The summed E-state index contributed by atoms with van der Waals surface area (Å²) in [5.41, 5.74) is 7.01. The third-order valence-electron chi connectivity index (χ3n) is 5.53. The van der Waals surface area contributed by atoms with Crippen molar-refractivity contribution >= 4 is 0 Å². The highest BCUT2D eigenvalue weighted by Gasteiger charge is 2.25. The van der Waals surface area contributed by atoms with Crippen molar-refractivity contribution in [1.82, 2.24) is 0 Å². The van der Waals surface area contributed by atoms with Gasteiger partial charge in [-0.25, -0.2) is 0 Å². The van der Waals surface area contributed by atoms with Crippen LogP contribution in [-0.4, -0.2) is 7.11 Å². The van der Waals surface area contributed by atoms with Gasteiger partial charge in [0.05, 0.1) is 7.11 Å². The maximum atomic E-state index is 6.33. The largest absolute Gasteiger partial charge is 0.496 e. The van der Waals surface area contributed by atoms with E-state index in [0.29, 0.717) is 6.61 Å². The Morgan fingerprint density at radius 1 is 0.710 bits per heavy atom. The molecule has 0 fully saturated rings. The molecule has 0 atom stereocenters. The van der Waals surface area contributed by atoms with E-state index in [1.54, 1.807) is 7.11 Å². The molecule has 0 aliphatic heterocycles. The lowest BCUT2D eigenvalue weighted by molar-refractivity contribution is 0.299. The van der Waals surface area contributed by atoms with Gasteiger partial charge in [-0.15, -0.1) is 0 Å². The van der Waals surface area contributed by atoms with E-state index in [1.165, 1.54) is 22.3 Å². The molecule has 4 rings (SSSR count). The minimum Gasteiger partial charge on any atom is -0.496 e. The van der Waals surface area contributed by atoms with Crippen LogP contribution in [-0.2, 0) is 6.61 Å². The van der Waals surface area contributed by atoms with Crippen LogP contribution in [0.15, 0.2) is 91.0 Å². The van der Waals surface area contributed by atoms with Crippen molar-refractivity contribution in [2.24, 2.45) is 0 Å². The summed E-state index contributed by atoms with van der Waals surface area (Å²) in [6.45, 7) is 4.71. The summed E-state index contributed by atoms with van der Waals surface area (Å²) in [6, 6.07) is 34.6. The molecule has 0 aliphatic carbocycles. The predicted octanol–water partition coefficient (Wildman–Crippen LogP) is 6.87. The summed E-state index contributed by atoms with van der Waals surface area (Å²) in [6.07, 6.45) is 0. The highest BCUT2D eigenvalue weighted by Crippen LogP contribution is 2.43. The van der Waals surface area contributed by atoms with E-state index in [-0.39, 0.29) is 5.92 Å². The molecule has 0 saturated carbocycles. The fourth-order valence-corrected chi connectivity index (χ4v) is 3.82. The topological polar surface area (TPSA) is 18.5 Å². The van der Waals surface area contributed by atoms with E-state index < -0.39 is 0 Å². The lowest BCUT2D eigenvalue weighted by Gasteiger charge is -2.24. The normalized spacial score (nSPS) is 10.8. The smallest absolute Gasteiger partial charge is 0.128 e. The summed E-state index contributed by atoms with van der Waals surface area (Å²) >= 11 is 0. The molecule has 0 saturated heterocycles. The Bertz CT molecular complexity index is 1070. The quantitative estimate of drug-likeness (QED) is 0.311. The molecule has 4 aromatic rings. The van der Waals surface area contributed by atoms with E-state index in [2.05, 4.69) is 80.6 Å². The lowest BCUT2D eigenvalue weighted by atomic mass is 9.83. The maximum Gasteiger partial charge on any atom is 0.128 e. The minimum atomic E-state index is -0.0171. The molecule has 0 aliphatic rings. The van der Waals surface area contributed by atoms with Gasteiger partial charge in [-0.1, -0.05) is 90.0 Å². The first-order valence-corrected chi connectivity index (χ1v) is 10.5. The second-order valence-electron chi connectivity index (χ2n) is 7.83. The molecule has 2 nitrogen and oxygen atoms in total. The summed E-state index contributed by atoms with van der Waals surface area (Å²) in [5, 5.41) is 0. The van der Waals surface area contributed by atoms with Crippen molar-refractivity contribution < 1.29 is 9.47 Å². The Morgan fingerprint density at radius 3 is 1.81 bits per heavy atom. The molecule has 0 aromatic heterocycles. The van der Waals surface area contributed by atoms with Crippen molar-refractivity contribution in [2.75, 3.05) is 7.11 Å². The van der Waals surface area contributed by atoms with Gasteiger partial charge in [-0.05, 0) is 48.7 Å². The molecule has 155 valence electrons. The van der Waals surface area contributed by atoms with Gasteiger partial charge in [-0.3, -0.25) is 0 Å². The Hall–Kier alpha value is -3.52. The highest BCUT2D eigenvalue weighted by molar-refractivity contribution is 5.56. The number of ether oxygens (including phenoxy) is 2. The standard InChI is InChI=1S/C29H27O2/c1-21-12-16-24(17-13-21)28(25-18-14-22(2)15-19-25)29-26(30-3)10-7-11-27(29)31-20-23-8-5-4-6-9-23/h4-6,8-19,28H,20H2,1-3H3. The first-order chi connectivity index (χ1) is 15.2. The van der Waals surface area contributed by atoms with E-state index in [1.807, 2.05) is 30.3 Å². The van der Waals surface area contributed by atoms with E-state index >= 15 is 0 Å². The van der Waals surface area contributed by atoms with Crippen LogP contribution >= 0.6 is 0 Å². The number of methoxy groups -OCH3 is 1. The van der Waals surface area contributed by atoms with Crippen LogP contribution in [0.1, 0.15) is 39.3 Å². The highest BCUT2D eigenvalue weighted by atomic mass is 16.5. The van der Waals surface area contributed by atoms with Crippen molar-refractivity contribution in [2.45, 2.75) is 26.4 Å². The zero-order valence-electron chi connectivity index (χ0n) is 18.3. The number of aryl methyl sites for hydroxylation is 2. The number of hydrogen-bond donors (Lipinski definition) is 0. The molecule has 4 aromatic carbocycles. The molecule has 0 amide bonds. The van der Waals surface area contributed by atoms with Crippen molar-refractivity contribution in [3.8, 4) is 11.5 Å². The predicted molar refractivity (Wildman–Crippen MR) is 126 cm³/mol. The Morgan fingerprint density at radius 2 is 1.26 bits per heavy atom. The van der Waals surface area contributed by atoms with Crippen LogP contribution < -0.4 is 9.47 Å². The number of rotatable bonds is 7. The van der Waals surface area contributed by atoms with Crippen LogP contribution in [0, 0.1) is 19.9 Å². The van der Waals surface area contributed by atoms with Gasteiger partial charge in [0.2, 0.25) is 0 Å². The molecule has 31 heavy (non-hydrogen) atoms. The van der Waals surface area contributed by atoms with Gasteiger partial charge in [0.1, 0.15) is 18.1 Å². The molecule has 1 radical (unpaired) electrons. The Balaban J connectivity index is 1.83. The van der Waals surface area contributed by atoms with Gasteiger partial charge in [-0.2, -0.15) is 0 Å². The van der Waals surface area contributed by atoms with Crippen LogP contribution in [0.25, 0.3) is 0 Å². The first kappa shape index (κ1) is 20.7. The zero-order chi connectivity index (χ0) is 21.6. The zero-order valence-corrected chi connectivity index (χ0v) is 18.3. The SMILES string of the molecule is COc1c[c]cc(OCc2ccccc2)c1C(c1ccc(C)cc1)c1ccc(C)cc1. The summed E-state index contributed by atoms with van der Waals surface area (Å²) < 4.78 is 12.1. The maximum absolute atomic E-state index is 6.33. The van der Waals surface area contributed by atoms with Gasteiger partial charge in [0.25, 0.3) is 0 Å². The average molecular weight is 408 g/mol. The third-order valence-corrected chi connectivity index (χ3v) is 5.53. The summed E-state index contributed by atoms with van der Waals surface area (Å²) in [4.78, 5) is 0. The second-order valence-corrected chi connectivity index (χ2v) is 7.83. The Labute approximate surface area is 185 Å². The van der Waals surface area contributed by atoms with E-state index in [0.717, 1.165) is 22.6 Å². The average Bonchev–Trinajstić information content (AvgIpc) is 2.81. The molecular formula is C29H27O2. The third kappa shape index (κ3) is 4.80. The van der Waals surface area contributed by atoms with E-state index in [9.17, 15) is 0 Å². The second kappa shape index (κ2) is 9.53. The molecule has 0 unspecified atom stereocenters. The molecular weight excluding hydrogens is 380 g/mol. The monoisotopic (exact) mass is 407 g/mol. The van der Waals surface area contributed by atoms with E-state index in [4.69, 9.17) is 9.47 Å². The van der Waals surface area contributed by atoms with Gasteiger partial charge in [0, 0.05) is 11.5 Å². The van der Waals surface area contributed by atoms with Crippen LogP contribution in [0.3, 0.4) is 0 Å². The Kier molecular flexibility index (Phi) is 6.37. The van der Waals surface area contributed by atoms with Gasteiger partial charge >= 0.3 is 0 Å². The van der Waals surface area contributed by atoms with Gasteiger partial charge in [0.15, 0.2) is 0 Å². The molecule has 2 heteroatoms.